The van der Waals surface area contributed by atoms with Crippen LogP contribution in [0.3, 0.4) is 0 Å². The minimum absolute atomic E-state index is 0.341. The highest BCUT2D eigenvalue weighted by molar-refractivity contribution is 6.39. The van der Waals surface area contributed by atoms with E-state index in [1.54, 1.807) is 24.3 Å². The summed E-state index contributed by atoms with van der Waals surface area (Å²) in [6.45, 7) is 2.26. The molecule has 0 spiro atoms. The van der Waals surface area contributed by atoms with Gasteiger partial charge in [-0.1, -0.05) is 59.1 Å². The maximum absolute atomic E-state index is 11.7. The molecule has 178 valence electrons. The highest BCUT2D eigenvalue weighted by Gasteiger charge is 2.29. The second-order valence-corrected chi connectivity index (χ2v) is 9.89. The monoisotopic (exact) mass is 518 g/mol. The van der Waals surface area contributed by atoms with Gasteiger partial charge in [0.15, 0.2) is 0 Å². The molecule has 6 nitrogen and oxygen atoms in total. The number of likely N-dealkylation sites (tertiary alicyclic amines) is 1. The van der Waals surface area contributed by atoms with Crippen molar-refractivity contribution >= 4 is 46.2 Å². The Bertz CT molecular complexity index is 1190. The molecule has 0 bridgehead atoms. The minimum atomic E-state index is -0.377. The molecular formula is C25H25Cl3N4O2. The first-order valence-corrected chi connectivity index (χ1v) is 12.0. The summed E-state index contributed by atoms with van der Waals surface area (Å²) in [4.78, 5) is 15.9. The fraction of sp³-hybridized carbons (Fsp3) is 0.280. The largest absolute Gasteiger partial charge is 0.353 e. The van der Waals surface area contributed by atoms with E-state index >= 15 is 0 Å². The standard InChI is InChI=1S/C25H25Cl3N4O2/c1-30(2)17-13-31(14-17)12-16-10-19(18-6-3-4-7-21(18)26)20(15-32(33)34)24(11-16)29-25-22(27)8-5-9-23(25)28/h3-11,17,29H,12-15H2,1-2H3. The molecule has 1 saturated heterocycles. The third-order valence-corrected chi connectivity index (χ3v) is 7.02. The van der Waals surface area contributed by atoms with E-state index in [9.17, 15) is 10.1 Å². The lowest BCUT2D eigenvalue weighted by atomic mass is 9.94. The van der Waals surface area contributed by atoms with Crippen molar-refractivity contribution in [2.45, 2.75) is 19.1 Å². The molecule has 1 heterocycles. The first-order chi connectivity index (χ1) is 16.2. The Morgan fingerprint density at radius 1 is 1.00 bits per heavy atom. The molecule has 1 fully saturated rings. The van der Waals surface area contributed by atoms with E-state index in [4.69, 9.17) is 34.8 Å². The molecule has 0 radical (unpaired) electrons. The Hall–Kier alpha value is -2.35. The molecule has 1 aliphatic rings. The molecule has 0 aromatic heterocycles. The summed E-state index contributed by atoms with van der Waals surface area (Å²) in [6.07, 6.45) is 0. The molecule has 3 aromatic rings. The summed E-state index contributed by atoms with van der Waals surface area (Å²) in [5.41, 5.74) is 4.09. The number of halogens is 3. The lowest BCUT2D eigenvalue weighted by Crippen LogP contribution is -2.56. The van der Waals surface area contributed by atoms with Gasteiger partial charge in [-0.2, -0.15) is 0 Å². The normalized spacial score (nSPS) is 14.3. The summed E-state index contributed by atoms with van der Waals surface area (Å²) < 4.78 is 0. The van der Waals surface area contributed by atoms with E-state index in [0.29, 0.717) is 44.6 Å². The van der Waals surface area contributed by atoms with Crippen LogP contribution in [-0.2, 0) is 13.1 Å². The summed E-state index contributed by atoms with van der Waals surface area (Å²) in [5.74, 6) is 0. The fourth-order valence-electron chi connectivity index (χ4n) is 4.16. The maximum atomic E-state index is 11.7. The summed E-state index contributed by atoms with van der Waals surface area (Å²) >= 11 is 19.3. The van der Waals surface area contributed by atoms with Gasteiger partial charge in [-0.05, 0) is 55.6 Å². The molecule has 0 aliphatic carbocycles. The SMILES string of the molecule is CN(C)C1CN(Cc2cc(Nc3c(Cl)cccc3Cl)c(C[N+](=O)[O-])c(-c3ccccc3Cl)c2)C1. The molecule has 34 heavy (non-hydrogen) atoms. The van der Waals surface area contributed by atoms with E-state index in [1.807, 2.05) is 30.3 Å². The molecule has 0 atom stereocenters. The summed E-state index contributed by atoms with van der Waals surface area (Å²) in [7, 11) is 4.17. The van der Waals surface area contributed by atoms with Gasteiger partial charge in [0.1, 0.15) is 0 Å². The Kier molecular flexibility index (Phi) is 7.65. The van der Waals surface area contributed by atoms with Gasteiger partial charge in [0.2, 0.25) is 6.54 Å². The lowest BCUT2D eigenvalue weighted by molar-refractivity contribution is -0.496. The average molecular weight is 520 g/mol. The highest BCUT2D eigenvalue weighted by atomic mass is 35.5. The van der Waals surface area contributed by atoms with Gasteiger partial charge in [-0.3, -0.25) is 15.0 Å². The first-order valence-electron chi connectivity index (χ1n) is 10.8. The van der Waals surface area contributed by atoms with E-state index in [1.165, 1.54) is 0 Å². The molecular weight excluding hydrogens is 495 g/mol. The number of nitro groups is 1. The van der Waals surface area contributed by atoms with Gasteiger partial charge in [-0.25, -0.2) is 0 Å². The molecule has 9 heteroatoms. The third-order valence-electron chi connectivity index (χ3n) is 6.06. The van der Waals surface area contributed by atoms with Crippen molar-refractivity contribution in [2.24, 2.45) is 0 Å². The Labute approximate surface area is 214 Å². The number of para-hydroxylation sites is 1. The van der Waals surface area contributed by atoms with E-state index in [0.717, 1.165) is 29.8 Å². The maximum Gasteiger partial charge on any atom is 0.231 e. The van der Waals surface area contributed by atoms with Crippen molar-refractivity contribution in [3.8, 4) is 11.1 Å². The van der Waals surface area contributed by atoms with Gasteiger partial charge in [0, 0.05) is 46.9 Å². The number of nitrogens with one attached hydrogen (secondary N) is 1. The fourth-order valence-corrected chi connectivity index (χ4v) is 4.89. The van der Waals surface area contributed by atoms with Crippen LogP contribution in [-0.4, -0.2) is 47.9 Å². The zero-order chi connectivity index (χ0) is 24.4. The molecule has 1 aliphatic heterocycles. The lowest BCUT2D eigenvalue weighted by Gasteiger charge is -2.43. The van der Waals surface area contributed by atoms with Crippen LogP contribution in [0.25, 0.3) is 11.1 Å². The number of nitrogens with zero attached hydrogens (tertiary/aromatic N) is 3. The number of hydrogen-bond donors (Lipinski definition) is 1. The van der Waals surface area contributed by atoms with Crippen LogP contribution in [0.2, 0.25) is 15.1 Å². The first kappa shape index (κ1) is 24.8. The van der Waals surface area contributed by atoms with Crippen LogP contribution in [0.1, 0.15) is 11.1 Å². The predicted molar refractivity (Wildman–Crippen MR) is 140 cm³/mol. The quantitative estimate of drug-likeness (QED) is 0.269. The van der Waals surface area contributed by atoms with E-state index in [-0.39, 0.29) is 11.5 Å². The topological polar surface area (TPSA) is 61.6 Å². The Morgan fingerprint density at radius 2 is 1.65 bits per heavy atom. The molecule has 3 aromatic carbocycles. The van der Waals surface area contributed by atoms with Crippen molar-refractivity contribution < 1.29 is 4.92 Å². The van der Waals surface area contributed by atoms with Crippen LogP contribution in [0.15, 0.2) is 54.6 Å². The van der Waals surface area contributed by atoms with Crippen LogP contribution in [0.4, 0.5) is 11.4 Å². The van der Waals surface area contributed by atoms with E-state index in [2.05, 4.69) is 29.2 Å². The number of hydrogen-bond acceptors (Lipinski definition) is 5. The molecule has 0 unspecified atom stereocenters. The van der Waals surface area contributed by atoms with Crippen LogP contribution < -0.4 is 5.32 Å². The number of benzene rings is 3. The molecule has 1 N–H and O–H groups in total. The average Bonchev–Trinajstić information content (AvgIpc) is 2.74. The van der Waals surface area contributed by atoms with Gasteiger partial charge >= 0.3 is 0 Å². The molecule has 0 saturated carbocycles. The van der Waals surface area contributed by atoms with Crippen molar-refractivity contribution in [3.63, 3.8) is 0 Å². The van der Waals surface area contributed by atoms with Gasteiger partial charge in [0.25, 0.3) is 0 Å². The predicted octanol–water partition coefficient (Wildman–Crippen LogP) is 6.58. The molecule has 0 amide bonds. The van der Waals surface area contributed by atoms with Gasteiger partial charge in [-0.15, -0.1) is 0 Å². The smallest absolute Gasteiger partial charge is 0.231 e. The number of anilines is 2. The van der Waals surface area contributed by atoms with Crippen LogP contribution in [0, 0.1) is 10.1 Å². The Balaban J connectivity index is 1.82. The summed E-state index contributed by atoms with van der Waals surface area (Å²) in [5, 5.41) is 16.3. The zero-order valence-corrected chi connectivity index (χ0v) is 21.2. The van der Waals surface area contributed by atoms with Gasteiger partial charge in [0.05, 0.1) is 21.3 Å². The summed E-state index contributed by atoms with van der Waals surface area (Å²) in [6, 6.07) is 17.1. The van der Waals surface area contributed by atoms with Crippen LogP contribution >= 0.6 is 34.8 Å². The molecule has 4 rings (SSSR count). The second-order valence-electron chi connectivity index (χ2n) is 8.67. The second kappa shape index (κ2) is 10.5. The van der Waals surface area contributed by atoms with Crippen molar-refractivity contribution in [1.82, 2.24) is 9.80 Å². The van der Waals surface area contributed by atoms with Gasteiger partial charge < -0.3 is 10.2 Å². The zero-order valence-electron chi connectivity index (χ0n) is 18.9. The number of likely N-dealkylation sites (N-methyl/N-ethyl adjacent to an activating group) is 1. The van der Waals surface area contributed by atoms with E-state index < -0.39 is 0 Å². The number of rotatable bonds is 8. The highest BCUT2D eigenvalue weighted by Crippen LogP contribution is 2.40. The Morgan fingerprint density at radius 3 is 2.26 bits per heavy atom. The minimum Gasteiger partial charge on any atom is -0.353 e. The van der Waals surface area contributed by atoms with Crippen LogP contribution in [0.5, 0.6) is 0 Å². The van der Waals surface area contributed by atoms with Crippen molar-refractivity contribution in [1.29, 1.82) is 0 Å². The third kappa shape index (κ3) is 5.48. The van der Waals surface area contributed by atoms with Crippen molar-refractivity contribution in [2.75, 3.05) is 32.5 Å². The van der Waals surface area contributed by atoms with Crippen molar-refractivity contribution in [3.05, 3.63) is 90.9 Å².